The Balaban J connectivity index is 1.59. The summed E-state index contributed by atoms with van der Waals surface area (Å²) < 4.78 is 0. The van der Waals surface area contributed by atoms with Crippen molar-refractivity contribution in [3.63, 3.8) is 0 Å². The van der Waals surface area contributed by atoms with Gasteiger partial charge in [-0.15, -0.1) is 0 Å². The van der Waals surface area contributed by atoms with Gasteiger partial charge >= 0.3 is 5.69 Å². The standard InChI is InChI=1S/C22H24N6O2/c1-15-10-11-17-8-5-9-18(19(17)26-15)27-22-20(28(29)30)21(24-14-25-22)23-13-12-16-6-3-2-4-7-16/h5-6,8-11,14H,2-4,7,12-13H2,1H3,(H2,23,24,25,27). The summed E-state index contributed by atoms with van der Waals surface area (Å²) in [5.41, 5.74) is 3.51. The number of benzene rings is 1. The third-order valence-electron chi connectivity index (χ3n) is 5.24. The molecule has 1 aliphatic carbocycles. The fraction of sp³-hybridized carbons (Fsp3) is 0.318. The van der Waals surface area contributed by atoms with Crippen LogP contribution < -0.4 is 10.6 Å². The van der Waals surface area contributed by atoms with Crippen LogP contribution in [0.15, 0.2) is 48.3 Å². The highest BCUT2D eigenvalue weighted by Gasteiger charge is 2.23. The van der Waals surface area contributed by atoms with Crippen molar-refractivity contribution in [3.05, 3.63) is 64.1 Å². The smallest absolute Gasteiger partial charge is 0.353 e. The van der Waals surface area contributed by atoms with Crippen LogP contribution >= 0.6 is 0 Å². The lowest BCUT2D eigenvalue weighted by molar-refractivity contribution is -0.383. The zero-order chi connectivity index (χ0) is 20.9. The first-order valence-corrected chi connectivity index (χ1v) is 10.2. The average molecular weight is 404 g/mol. The lowest BCUT2D eigenvalue weighted by Gasteiger charge is -2.14. The van der Waals surface area contributed by atoms with E-state index in [0.717, 1.165) is 35.9 Å². The third-order valence-corrected chi connectivity index (χ3v) is 5.24. The maximum Gasteiger partial charge on any atom is 0.353 e. The summed E-state index contributed by atoms with van der Waals surface area (Å²) in [6.07, 6.45) is 9.15. The lowest BCUT2D eigenvalue weighted by Crippen LogP contribution is -2.10. The van der Waals surface area contributed by atoms with E-state index in [2.05, 4.69) is 31.7 Å². The van der Waals surface area contributed by atoms with Gasteiger partial charge in [0.1, 0.15) is 6.33 Å². The zero-order valence-electron chi connectivity index (χ0n) is 16.9. The number of para-hydroxylation sites is 1. The van der Waals surface area contributed by atoms with Crippen LogP contribution in [0, 0.1) is 17.0 Å². The van der Waals surface area contributed by atoms with E-state index < -0.39 is 4.92 Å². The summed E-state index contributed by atoms with van der Waals surface area (Å²) in [6, 6.07) is 9.58. The maximum absolute atomic E-state index is 11.8. The molecular formula is C22H24N6O2. The minimum absolute atomic E-state index is 0.144. The Hall–Kier alpha value is -3.55. The average Bonchev–Trinajstić information content (AvgIpc) is 2.75. The molecule has 2 heterocycles. The minimum atomic E-state index is -0.450. The Bertz CT molecular complexity index is 1110. The first-order valence-electron chi connectivity index (χ1n) is 10.2. The molecule has 0 radical (unpaired) electrons. The van der Waals surface area contributed by atoms with Crippen LogP contribution in [0.2, 0.25) is 0 Å². The normalized spacial score (nSPS) is 13.7. The molecule has 3 aromatic rings. The second-order valence-electron chi connectivity index (χ2n) is 7.42. The van der Waals surface area contributed by atoms with E-state index in [9.17, 15) is 10.1 Å². The molecular weight excluding hydrogens is 380 g/mol. The van der Waals surface area contributed by atoms with Gasteiger partial charge in [-0.25, -0.2) is 9.97 Å². The lowest BCUT2D eigenvalue weighted by atomic mass is 9.97. The van der Waals surface area contributed by atoms with E-state index in [1.165, 1.54) is 24.7 Å². The van der Waals surface area contributed by atoms with Crippen molar-refractivity contribution in [2.45, 2.75) is 39.0 Å². The molecule has 2 aromatic heterocycles. The molecule has 0 bridgehead atoms. The van der Waals surface area contributed by atoms with E-state index in [1.54, 1.807) is 0 Å². The molecule has 0 amide bonds. The van der Waals surface area contributed by atoms with E-state index in [0.29, 0.717) is 12.2 Å². The van der Waals surface area contributed by atoms with Crippen molar-refractivity contribution in [2.75, 3.05) is 17.2 Å². The molecule has 4 rings (SSSR count). The van der Waals surface area contributed by atoms with Crippen LogP contribution in [0.4, 0.5) is 23.0 Å². The van der Waals surface area contributed by atoms with Gasteiger partial charge in [0.15, 0.2) is 0 Å². The van der Waals surface area contributed by atoms with Crippen LogP contribution in [-0.2, 0) is 0 Å². The molecule has 8 heteroatoms. The van der Waals surface area contributed by atoms with Crippen LogP contribution in [0.25, 0.3) is 10.9 Å². The van der Waals surface area contributed by atoms with Gasteiger partial charge in [-0.3, -0.25) is 15.1 Å². The molecule has 0 saturated carbocycles. The molecule has 0 aliphatic heterocycles. The first kappa shape index (κ1) is 19.8. The largest absolute Gasteiger partial charge is 0.364 e. The molecule has 0 saturated heterocycles. The molecule has 0 spiro atoms. The number of hydrogen-bond acceptors (Lipinski definition) is 7. The van der Waals surface area contributed by atoms with E-state index >= 15 is 0 Å². The summed E-state index contributed by atoms with van der Waals surface area (Å²) in [5.74, 6) is 0.364. The van der Waals surface area contributed by atoms with E-state index in [-0.39, 0.29) is 17.3 Å². The summed E-state index contributed by atoms with van der Waals surface area (Å²) in [6.45, 7) is 2.51. The highest BCUT2D eigenvalue weighted by atomic mass is 16.6. The monoisotopic (exact) mass is 404 g/mol. The van der Waals surface area contributed by atoms with Crippen molar-refractivity contribution in [1.29, 1.82) is 0 Å². The number of fused-ring (bicyclic) bond motifs is 1. The third kappa shape index (κ3) is 4.37. The summed E-state index contributed by atoms with van der Waals surface area (Å²) in [7, 11) is 0. The molecule has 0 unspecified atom stereocenters. The molecule has 1 aromatic carbocycles. The van der Waals surface area contributed by atoms with Crippen molar-refractivity contribution >= 4 is 33.9 Å². The van der Waals surface area contributed by atoms with Gasteiger partial charge in [-0.05, 0) is 51.2 Å². The molecule has 30 heavy (non-hydrogen) atoms. The highest BCUT2D eigenvalue weighted by Crippen LogP contribution is 2.33. The molecule has 8 nitrogen and oxygen atoms in total. The van der Waals surface area contributed by atoms with Gasteiger partial charge in [-0.1, -0.05) is 29.8 Å². The number of anilines is 3. The number of hydrogen-bond donors (Lipinski definition) is 2. The summed E-state index contributed by atoms with van der Waals surface area (Å²) in [5, 5.41) is 19.0. The molecule has 2 N–H and O–H groups in total. The SMILES string of the molecule is Cc1ccc2cccc(Nc3ncnc(NCCC4=CCCCC4)c3[N+](=O)[O-])c2n1. The topological polar surface area (TPSA) is 106 Å². The predicted octanol–water partition coefficient (Wildman–Crippen LogP) is 5.29. The number of nitrogens with zero attached hydrogens (tertiary/aromatic N) is 4. The Kier molecular flexibility index (Phi) is 5.83. The predicted molar refractivity (Wildman–Crippen MR) is 118 cm³/mol. The highest BCUT2D eigenvalue weighted by molar-refractivity contribution is 5.93. The maximum atomic E-state index is 11.8. The molecule has 0 atom stereocenters. The quantitative estimate of drug-likeness (QED) is 0.313. The number of nitro groups is 1. The van der Waals surface area contributed by atoms with Crippen molar-refractivity contribution in [1.82, 2.24) is 15.0 Å². The Labute approximate surface area is 174 Å². The first-order chi connectivity index (χ1) is 14.6. The van der Waals surface area contributed by atoms with E-state index in [1.807, 2.05) is 37.3 Å². The van der Waals surface area contributed by atoms with Gasteiger partial charge in [-0.2, -0.15) is 0 Å². The van der Waals surface area contributed by atoms with Crippen LogP contribution in [0.5, 0.6) is 0 Å². The Morgan fingerprint density at radius 1 is 1.13 bits per heavy atom. The van der Waals surface area contributed by atoms with Crippen LogP contribution in [0.3, 0.4) is 0 Å². The van der Waals surface area contributed by atoms with Gasteiger partial charge < -0.3 is 10.6 Å². The fourth-order valence-corrected chi connectivity index (χ4v) is 3.72. The van der Waals surface area contributed by atoms with E-state index in [4.69, 9.17) is 0 Å². The second-order valence-corrected chi connectivity index (χ2v) is 7.42. The fourth-order valence-electron chi connectivity index (χ4n) is 3.72. The van der Waals surface area contributed by atoms with Gasteiger partial charge in [0.25, 0.3) is 0 Å². The zero-order valence-corrected chi connectivity index (χ0v) is 16.9. The number of pyridine rings is 1. The van der Waals surface area contributed by atoms with Gasteiger partial charge in [0, 0.05) is 17.6 Å². The Morgan fingerprint density at radius 3 is 2.80 bits per heavy atom. The van der Waals surface area contributed by atoms with Crippen molar-refractivity contribution in [3.8, 4) is 0 Å². The van der Waals surface area contributed by atoms with Crippen molar-refractivity contribution in [2.24, 2.45) is 0 Å². The number of nitrogens with one attached hydrogen (secondary N) is 2. The van der Waals surface area contributed by atoms with Crippen LogP contribution in [-0.4, -0.2) is 26.4 Å². The summed E-state index contributed by atoms with van der Waals surface area (Å²) >= 11 is 0. The van der Waals surface area contributed by atoms with Crippen LogP contribution in [0.1, 0.15) is 37.8 Å². The minimum Gasteiger partial charge on any atom is -0.364 e. The molecule has 1 aliphatic rings. The van der Waals surface area contributed by atoms with Gasteiger partial charge in [0.2, 0.25) is 11.6 Å². The molecule has 0 fully saturated rings. The summed E-state index contributed by atoms with van der Waals surface area (Å²) in [4.78, 5) is 24.2. The van der Waals surface area contributed by atoms with Crippen molar-refractivity contribution < 1.29 is 4.92 Å². The Morgan fingerprint density at radius 2 is 2.00 bits per heavy atom. The van der Waals surface area contributed by atoms with Gasteiger partial charge in [0.05, 0.1) is 16.1 Å². The number of allylic oxidation sites excluding steroid dienone is 1. The molecule has 154 valence electrons. The second kappa shape index (κ2) is 8.86. The number of aryl methyl sites for hydroxylation is 1. The number of rotatable bonds is 7. The number of aromatic nitrogens is 3.